The van der Waals surface area contributed by atoms with Crippen LogP contribution < -0.4 is 0 Å². The molecule has 0 aliphatic carbocycles. The Bertz CT molecular complexity index is 968. The van der Waals surface area contributed by atoms with Crippen molar-refractivity contribution in [3.05, 3.63) is 63.0 Å². The summed E-state index contributed by atoms with van der Waals surface area (Å²) in [5.74, 6) is 0.503. The summed E-state index contributed by atoms with van der Waals surface area (Å²) in [5, 5.41) is 2.74. The van der Waals surface area contributed by atoms with E-state index in [0.717, 1.165) is 40.6 Å². The molecule has 28 heavy (non-hydrogen) atoms. The highest BCUT2D eigenvalue weighted by Crippen LogP contribution is 2.42. The van der Waals surface area contributed by atoms with Gasteiger partial charge in [0.05, 0.1) is 12.2 Å². The van der Waals surface area contributed by atoms with Gasteiger partial charge in [0.1, 0.15) is 11.9 Å². The van der Waals surface area contributed by atoms with Crippen LogP contribution in [0.4, 0.5) is 4.39 Å². The lowest BCUT2D eigenvalue weighted by Crippen LogP contribution is -2.35. The summed E-state index contributed by atoms with van der Waals surface area (Å²) < 4.78 is 19.1. The number of ether oxygens (including phenoxy) is 1. The van der Waals surface area contributed by atoms with Crippen molar-refractivity contribution in [3.8, 4) is 0 Å². The summed E-state index contributed by atoms with van der Waals surface area (Å²) in [7, 11) is 0. The lowest BCUT2D eigenvalue weighted by atomic mass is 9.91. The minimum absolute atomic E-state index is 0.295. The van der Waals surface area contributed by atoms with Crippen molar-refractivity contribution in [2.24, 2.45) is 10.9 Å². The number of aryl methyl sites for hydroxylation is 1. The smallest absolute Gasteiger partial charge is 0.338 e. The average Bonchev–Trinajstić information content (AvgIpc) is 3.29. The number of esters is 1. The van der Waals surface area contributed by atoms with Gasteiger partial charge >= 0.3 is 5.97 Å². The van der Waals surface area contributed by atoms with E-state index in [0.29, 0.717) is 18.1 Å². The van der Waals surface area contributed by atoms with Gasteiger partial charge in [-0.2, -0.15) is 0 Å². The maximum Gasteiger partial charge on any atom is 0.338 e. The van der Waals surface area contributed by atoms with Crippen molar-refractivity contribution in [3.63, 3.8) is 0 Å². The molecule has 0 bridgehead atoms. The molecule has 3 heterocycles. The number of amidine groups is 1. The molecule has 2 aliphatic heterocycles. The fourth-order valence-electron chi connectivity index (χ4n) is 3.92. The van der Waals surface area contributed by atoms with E-state index in [1.807, 2.05) is 12.3 Å². The molecule has 0 radical (unpaired) electrons. The average molecular weight is 399 g/mol. The van der Waals surface area contributed by atoms with Gasteiger partial charge in [-0.05, 0) is 49.4 Å². The number of halogens is 1. The lowest BCUT2D eigenvalue weighted by Gasteiger charge is -2.32. The number of allylic oxidation sites excluding steroid dienone is 1. The topological polar surface area (TPSA) is 54.8 Å². The second-order valence-corrected chi connectivity index (χ2v) is 8.09. The number of aromatic nitrogens is 1. The Morgan fingerprint density at radius 2 is 2.25 bits per heavy atom. The zero-order valence-electron chi connectivity index (χ0n) is 16.1. The summed E-state index contributed by atoms with van der Waals surface area (Å²) in [5.41, 5.74) is 3.07. The summed E-state index contributed by atoms with van der Waals surface area (Å²) in [6.45, 7) is 6.87. The molecule has 5 nitrogen and oxygen atoms in total. The first kappa shape index (κ1) is 18.8. The van der Waals surface area contributed by atoms with Gasteiger partial charge in [-0.25, -0.2) is 14.2 Å². The molecule has 1 fully saturated rings. The lowest BCUT2D eigenvalue weighted by molar-refractivity contribution is -0.139. The first-order valence-corrected chi connectivity index (χ1v) is 10.3. The Hall–Kier alpha value is -2.54. The Kier molecular flexibility index (Phi) is 5.02. The molecule has 2 aromatic rings. The molecule has 1 unspecified atom stereocenters. The standard InChI is InChI=1S/C21H22FN3O2S/c1-4-27-21(26)17-16-9-12(2)11-25(16)19(20-23-7-8-28-20)24-18(17)15-6-5-14(22)10-13(15)3/h5-8,10,12,18H,4,9,11H2,1-3H3/t12-,18?/m1/s1. The monoisotopic (exact) mass is 399 g/mol. The third kappa shape index (κ3) is 3.24. The summed E-state index contributed by atoms with van der Waals surface area (Å²) in [4.78, 5) is 24.4. The Balaban J connectivity index is 1.91. The number of hydrogen-bond acceptors (Lipinski definition) is 6. The first-order valence-electron chi connectivity index (χ1n) is 9.41. The van der Waals surface area contributed by atoms with E-state index in [4.69, 9.17) is 9.73 Å². The normalized spacial score (nSPS) is 21.6. The predicted molar refractivity (Wildman–Crippen MR) is 107 cm³/mol. The molecule has 1 aromatic carbocycles. The zero-order chi connectivity index (χ0) is 19.8. The van der Waals surface area contributed by atoms with E-state index >= 15 is 0 Å². The van der Waals surface area contributed by atoms with Gasteiger partial charge in [0.25, 0.3) is 0 Å². The van der Waals surface area contributed by atoms with Crippen molar-refractivity contribution in [2.75, 3.05) is 13.2 Å². The van der Waals surface area contributed by atoms with Crippen molar-refractivity contribution >= 4 is 23.1 Å². The van der Waals surface area contributed by atoms with Crippen LogP contribution in [0.5, 0.6) is 0 Å². The third-order valence-corrected chi connectivity index (χ3v) is 5.87. The van der Waals surface area contributed by atoms with E-state index in [2.05, 4.69) is 16.8 Å². The highest BCUT2D eigenvalue weighted by molar-refractivity contribution is 7.11. The van der Waals surface area contributed by atoms with Crippen LogP contribution >= 0.6 is 11.3 Å². The highest BCUT2D eigenvalue weighted by atomic mass is 32.1. The van der Waals surface area contributed by atoms with E-state index in [9.17, 15) is 9.18 Å². The molecule has 0 spiro atoms. The number of carbonyl (C=O) groups excluding carboxylic acids is 1. The minimum Gasteiger partial charge on any atom is -0.463 e. The Morgan fingerprint density at radius 3 is 2.93 bits per heavy atom. The third-order valence-electron chi connectivity index (χ3n) is 5.10. The maximum absolute atomic E-state index is 13.7. The number of benzene rings is 1. The predicted octanol–water partition coefficient (Wildman–Crippen LogP) is 4.25. The number of fused-ring (bicyclic) bond motifs is 1. The van der Waals surface area contributed by atoms with E-state index in [1.54, 1.807) is 19.2 Å². The molecule has 1 aromatic heterocycles. The van der Waals surface area contributed by atoms with Crippen LogP contribution in [0.25, 0.3) is 0 Å². The fraction of sp³-hybridized carbons (Fsp3) is 0.381. The van der Waals surface area contributed by atoms with Gasteiger partial charge in [-0.1, -0.05) is 13.0 Å². The maximum atomic E-state index is 13.7. The SMILES string of the molecule is CCOC(=O)C1=C2C[C@@H](C)CN2C(c2nccs2)=NC1c1ccc(F)cc1C. The molecule has 1 saturated heterocycles. The van der Waals surface area contributed by atoms with Crippen molar-refractivity contribution in [2.45, 2.75) is 33.2 Å². The van der Waals surface area contributed by atoms with E-state index in [1.165, 1.54) is 23.5 Å². The van der Waals surface area contributed by atoms with Crippen LogP contribution in [0, 0.1) is 18.7 Å². The molecular formula is C21H22FN3O2S. The molecule has 0 saturated carbocycles. The van der Waals surface area contributed by atoms with Crippen LogP contribution in [-0.2, 0) is 9.53 Å². The van der Waals surface area contributed by atoms with E-state index < -0.39 is 6.04 Å². The summed E-state index contributed by atoms with van der Waals surface area (Å²) >= 11 is 1.52. The van der Waals surface area contributed by atoms with Gasteiger partial charge < -0.3 is 9.64 Å². The Morgan fingerprint density at radius 1 is 1.43 bits per heavy atom. The summed E-state index contributed by atoms with van der Waals surface area (Å²) in [6.07, 6.45) is 2.53. The molecule has 0 N–H and O–H groups in total. The largest absolute Gasteiger partial charge is 0.463 e. The summed E-state index contributed by atoms with van der Waals surface area (Å²) in [6, 6.07) is 4.07. The van der Waals surface area contributed by atoms with Gasteiger partial charge in [0.15, 0.2) is 10.8 Å². The molecule has 0 amide bonds. The van der Waals surface area contributed by atoms with Crippen LogP contribution in [0.3, 0.4) is 0 Å². The van der Waals surface area contributed by atoms with Crippen LogP contribution in [0.2, 0.25) is 0 Å². The number of aliphatic imine (C=N–C) groups is 1. The van der Waals surface area contributed by atoms with Crippen molar-refractivity contribution in [1.29, 1.82) is 0 Å². The molecular weight excluding hydrogens is 377 g/mol. The fourth-order valence-corrected chi connectivity index (χ4v) is 4.57. The number of nitrogens with zero attached hydrogens (tertiary/aromatic N) is 3. The van der Waals surface area contributed by atoms with Gasteiger partial charge in [-0.15, -0.1) is 11.3 Å². The second kappa shape index (κ2) is 7.47. The molecule has 146 valence electrons. The number of carbonyl (C=O) groups is 1. The molecule has 4 rings (SSSR count). The van der Waals surface area contributed by atoms with Crippen LogP contribution in [-0.4, -0.2) is 34.8 Å². The van der Waals surface area contributed by atoms with Crippen LogP contribution in [0.1, 0.15) is 42.4 Å². The zero-order valence-corrected chi connectivity index (χ0v) is 16.9. The Labute approximate surface area is 167 Å². The van der Waals surface area contributed by atoms with Gasteiger partial charge in [0, 0.05) is 23.8 Å². The van der Waals surface area contributed by atoms with Gasteiger partial charge in [0.2, 0.25) is 0 Å². The number of thiazole rings is 1. The van der Waals surface area contributed by atoms with Crippen molar-refractivity contribution in [1.82, 2.24) is 9.88 Å². The first-order chi connectivity index (χ1) is 13.5. The molecule has 7 heteroatoms. The minimum atomic E-state index is -0.532. The number of rotatable bonds is 4. The quantitative estimate of drug-likeness (QED) is 0.721. The van der Waals surface area contributed by atoms with Gasteiger partial charge in [-0.3, -0.25) is 4.99 Å². The molecule has 2 aliphatic rings. The van der Waals surface area contributed by atoms with E-state index in [-0.39, 0.29) is 11.8 Å². The van der Waals surface area contributed by atoms with Crippen LogP contribution in [0.15, 0.2) is 46.0 Å². The second-order valence-electron chi connectivity index (χ2n) is 7.19. The highest BCUT2D eigenvalue weighted by Gasteiger charge is 2.41. The molecule has 2 atom stereocenters. The van der Waals surface area contributed by atoms with Crippen molar-refractivity contribution < 1.29 is 13.9 Å². The number of hydrogen-bond donors (Lipinski definition) is 0.